The number of hydrogen-bond donors (Lipinski definition) is 0. The quantitative estimate of drug-likeness (QED) is 0.575. The van der Waals surface area contributed by atoms with Crippen molar-refractivity contribution >= 4 is 0 Å². The number of rotatable bonds is 3. The minimum absolute atomic E-state index is 0. The Balaban J connectivity index is 0.00000144. The zero-order valence-corrected chi connectivity index (χ0v) is 9.75. The molecule has 0 amide bonds. The van der Waals surface area contributed by atoms with Crippen molar-refractivity contribution in [1.82, 2.24) is 15.1 Å². The number of nitrogens with zero attached hydrogens (tertiary/aromatic N) is 5. The monoisotopic (exact) mass is 247 g/mol. The molecule has 0 N–H and O–H groups in total. The van der Waals surface area contributed by atoms with Crippen LogP contribution in [0.3, 0.4) is 0 Å². The Bertz CT molecular complexity index is 492. The molecule has 0 aromatic carbocycles. The minimum Gasteiger partial charge on any atom is -1.00 e. The highest BCUT2D eigenvalue weighted by Crippen LogP contribution is 2.11. The Kier molecular flexibility index (Phi) is 4.98. The molecule has 6 heteroatoms. The van der Waals surface area contributed by atoms with Crippen LogP contribution in [0.15, 0.2) is 37.1 Å². The van der Waals surface area contributed by atoms with Gasteiger partial charge in [-0.25, -0.2) is 9.97 Å². The first-order chi connectivity index (χ1) is 7.90. The molecule has 2 heterocycles. The highest BCUT2D eigenvalue weighted by Gasteiger charge is 2.04. The minimum atomic E-state index is 0. The lowest BCUT2D eigenvalue weighted by molar-refractivity contribution is -0.752. The van der Waals surface area contributed by atoms with Gasteiger partial charge in [-0.2, -0.15) is 5.26 Å². The van der Waals surface area contributed by atoms with Gasteiger partial charge in [0.05, 0.1) is 18.2 Å². The molecule has 0 bridgehead atoms. The first kappa shape index (κ1) is 13.0. The van der Waals surface area contributed by atoms with Crippen molar-refractivity contribution in [3.63, 3.8) is 0 Å². The lowest BCUT2D eigenvalue weighted by Crippen LogP contribution is -3.00. The van der Waals surface area contributed by atoms with Crippen LogP contribution in [-0.4, -0.2) is 15.1 Å². The van der Waals surface area contributed by atoms with E-state index in [1.54, 1.807) is 17.1 Å². The molecule has 2 rings (SSSR count). The van der Waals surface area contributed by atoms with Crippen LogP contribution in [0, 0.1) is 11.3 Å². The number of hydrogen-bond acceptors (Lipinski definition) is 4. The molecule has 0 radical (unpaired) electrons. The summed E-state index contributed by atoms with van der Waals surface area (Å²) in [6, 6.07) is 5.83. The van der Waals surface area contributed by atoms with Crippen LogP contribution in [0.2, 0.25) is 0 Å². The predicted octanol–water partition coefficient (Wildman–Crippen LogP) is -2.26. The average Bonchev–Trinajstić information content (AvgIpc) is 2.38. The van der Waals surface area contributed by atoms with Crippen molar-refractivity contribution in [1.29, 1.82) is 5.26 Å². The standard InChI is InChI=1S/C11H10N5.ClH/c12-4-1-6-16-7-3-10(8-15-16)11-2-5-13-9-14-11;/h2-3,5,7-9H,1,6H2;1H/q+1;/p-1. The van der Waals surface area contributed by atoms with E-state index in [-0.39, 0.29) is 12.4 Å². The molecular formula is C11H10ClN5. The van der Waals surface area contributed by atoms with Gasteiger partial charge in [0.2, 0.25) is 0 Å². The van der Waals surface area contributed by atoms with Crippen molar-refractivity contribution in [2.75, 3.05) is 0 Å². The Morgan fingerprint density at radius 1 is 1.35 bits per heavy atom. The van der Waals surface area contributed by atoms with E-state index in [0.29, 0.717) is 13.0 Å². The molecule has 0 aliphatic rings. The number of halogens is 1. The summed E-state index contributed by atoms with van der Waals surface area (Å²) in [5, 5.41) is 12.6. The maximum absolute atomic E-state index is 8.45. The Morgan fingerprint density at radius 3 is 2.82 bits per heavy atom. The maximum atomic E-state index is 8.45. The van der Waals surface area contributed by atoms with Crippen molar-refractivity contribution in [3.05, 3.63) is 37.1 Å². The summed E-state index contributed by atoms with van der Waals surface area (Å²) in [5.41, 5.74) is 1.78. The van der Waals surface area contributed by atoms with Gasteiger partial charge in [0, 0.05) is 17.8 Å². The summed E-state index contributed by atoms with van der Waals surface area (Å²) in [7, 11) is 0. The van der Waals surface area contributed by atoms with Crippen molar-refractivity contribution in [2.45, 2.75) is 13.0 Å². The third-order valence-corrected chi connectivity index (χ3v) is 2.10. The summed E-state index contributed by atoms with van der Waals surface area (Å²) in [6.07, 6.45) is 7.24. The normalized spacial score (nSPS) is 9.12. The van der Waals surface area contributed by atoms with Crippen LogP contribution in [0.25, 0.3) is 11.3 Å². The zero-order chi connectivity index (χ0) is 11.2. The topological polar surface area (TPSA) is 66.3 Å². The molecule has 0 saturated heterocycles. The fourth-order valence-corrected chi connectivity index (χ4v) is 1.29. The highest BCUT2D eigenvalue weighted by atomic mass is 35.5. The van der Waals surface area contributed by atoms with E-state index in [4.69, 9.17) is 5.26 Å². The zero-order valence-electron chi connectivity index (χ0n) is 8.99. The fourth-order valence-electron chi connectivity index (χ4n) is 1.29. The molecule has 0 aliphatic heterocycles. The van der Waals surface area contributed by atoms with Crippen molar-refractivity contribution in [3.8, 4) is 17.3 Å². The van der Waals surface area contributed by atoms with Gasteiger partial charge in [0.25, 0.3) is 0 Å². The number of nitriles is 1. The molecule has 0 unspecified atom stereocenters. The smallest absolute Gasteiger partial charge is 0.197 e. The SMILES string of the molecule is N#CCC[n+]1ccc(-c2ccncn2)cn1.[Cl-]. The van der Waals surface area contributed by atoms with Crippen LogP contribution < -0.4 is 17.1 Å². The summed E-state index contributed by atoms with van der Waals surface area (Å²) in [6.45, 7) is 0.612. The second kappa shape index (κ2) is 6.51. The first-order valence-corrected chi connectivity index (χ1v) is 4.89. The number of aryl methyl sites for hydroxylation is 1. The van der Waals surface area contributed by atoms with E-state index in [2.05, 4.69) is 21.1 Å². The Morgan fingerprint density at radius 2 is 2.24 bits per heavy atom. The van der Waals surface area contributed by atoms with Crippen LogP contribution in [-0.2, 0) is 6.54 Å². The van der Waals surface area contributed by atoms with Crippen LogP contribution >= 0.6 is 0 Å². The van der Waals surface area contributed by atoms with Crippen molar-refractivity contribution in [2.24, 2.45) is 0 Å². The molecule has 0 fully saturated rings. The van der Waals surface area contributed by atoms with E-state index in [0.717, 1.165) is 11.3 Å². The van der Waals surface area contributed by atoms with Gasteiger partial charge < -0.3 is 12.4 Å². The summed E-state index contributed by atoms with van der Waals surface area (Å²) < 4.78 is 1.73. The molecule has 17 heavy (non-hydrogen) atoms. The van der Waals surface area contributed by atoms with Crippen LogP contribution in [0.5, 0.6) is 0 Å². The van der Waals surface area contributed by atoms with E-state index < -0.39 is 0 Å². The summed E-state index contributed by atoms with van der Waals surface area (Å²) in [5.74, 6) is 0. The molecule has 2 aromatic heterocycles. The largest absolute Gasteiger partial charge is 1.00 e. The molecule has 0 spiro atoms. The first-order valence-electron chi connectivity index (χ1n) is 4.89. The van der Waals surface area contributed by atoms with E-state index in [1.807, 2.05) is 18.3 Å². The van der Waals surface area contributed by atoms with Crippen molar-refractivity contribution < 1.29 is 17.1 Å². The predicted molar refractivity (Wildman–Crippen MR) is 55.7 cm³/mol. The lowest BCUT2D eigenvalue weighted by Gasteiger charge is -1.96. The van der Waals surface area contributed by atoms with Gasteiger partial charge in [-0.15, -0.1) is 0 Å². The second-order valence-electron chi connectivity index (χ2n) is 3.18. The second-order valence-corrected chi connectivity index (χ2v) is 3.18. The van der Waals surface area contributed by atoms with Crippen LogP contribution in [0.1, 0.15) is 6.42 Å². The van der Waals surface area contributed by atoms with Gasteiger partial charge in [-0.05, 0) is 11.2 Å². The van der Waals surface area contributed by atoms with Gasteiger partial charge in [-0.1, -0.05) is 4.68 Å². The van der Waals surface area contributed by atoms with Crippen LogP contribution in [0.4, 0.5) is 0 Å². The van der Waals surface area contributed by atoms with E-state index in [1.165, 1.54) is 6.33 Å². The molecule has 5 nitrogen and oxygen atoms in total. The highest BCUT2D eigenvalue weighted by molar-refractivity contribution is 5.55. The molecule has 2 aromatic rings. The molecule has 86 valence electrons. The average molecular weight is 248 g/mol. The lowest BCUT2D eigenvalue weighted by atomic mass is 10.2. The summed E-state index contributed by atoms with van der Waals surface area (Å²) in [4.78, 5) is 7.98. The Labute approximate surface area is 105 Å². The van der Waals surface area contributed by atoms with Gasteiger partial charge in [0.15, 0.2) is 12.7 Å². The maximum Gasteiger partial charge on any atom is 0.197 e. The van der Waals surface area contributed by atoms with Gasteiger partial charge in [-0.3, -0.25) is 0 Å². The molecule has 0 saturated carbocycles. The molecular weight excluding hydrogens is 238 g/mol. The summed E-state index contributed by atoms with van der Waals surface area (Å²) >= 11 is 0. The van der Waals surface area contributed by atoms with E-state index >= 15 is 0 Å². The Hall–Kier alpha value is -2.06. The van der Waals surface area contributed by atoms with Gasteiger partial charge in [0.1, 0.15) is 12.5 Å². The molecule has 0 aliphatic carbocycles. The van der Waals surface area contributed by atoms with Gasteiger partial charge >= 0.3 is 0 Å². The third-order valence-electron chi connectivity index (χ3n) is 2.10. The number of aromatic nitrogens is 4. The fraction of sp³-hybridized carbons (Fsp3) is 0.182. The third kappa shape index (κ3) is 3.47. The molecule has 0 atom stereocenters. The van der Waals surface area contributed by atoms with E-state index in [9.17, 15) is 0 Å².